The van der Waals surface area contributed by atoms with Crippen LogP contribution in [-0.4, -0.2) is 57.1 Å². The lowest BCUT2D eigenvalue weighted by atomic mass is 9.94. The van der Waals surface area contributed by atoms with Gasteiger partial charge < -0.3 is 28.8 Å². The first-order chi connectivity index (χ1) is 19.9. The van der Waals surface area contributed by atoms with E-state index in [0.29, 0.717) is 61.8 Å². The molecule has 2 unspecified atom stereocenters. The molecule has 2 atom stereocenters. The second-order valence-electron chi connectivity index (χ2n) is 10.4. The van der Waals surface area contributed by atoms with Gasteiger partial charge in [-0.25, -0.2) is 4.98 Å². The molecular formula is C32H37N3O6. The molecule has 1 fully saturated rings. The molecule has 9 heteroatoms. The Hall–Kier alpha value is -4.27. The van der Waals surface area contributed by atoms with Crippen molar-refractivity contribution in [3.8, 4) is 17.2 Å². The predicted molar refractivity (Wildman–Crippen MR) is 154 cm³/mol. The van der Waals surface area contributed by atoms with Gasteiger partial charge in [0.15, 0.2) is 11.5 Å². The van der Waals surface area contributed by atoms with E-state index in [1.807, 2.05) is 48.9 Å². The molecule has 0 saturated carbocycles. The van der Waals surface area contributed by atoms with Crippen LogP contribution >= 0.6 is 0 Å². The van der Waals surface area contributed by atoms with Gasteiger partial charge in [0.2, 0.25) is 0 Å². The van der Waals surface area contributed by atoms with E-state index in [0.717, 1.165) is 24.2 Å². The highest BCUT2D eigenvalue weighted by Gasteiger charge is 2.46. The number of imidazole rings is 1. The highest BCUT2D eigenvalue weighted by molar-refractivity contribution is 6.46. The monoisotopic (exact) mass is 559 g/mol. The lowest BCUT2D eigenvalue weighted by Crippen LogP contribution is -2.31. The van der Waals surface area contributed by atoms with Crippen LogP contribution in [0.4, 0.5) is 0 Å². The van der Waals surface area contributed by atoms with Crippen molar-refractivity contribution in [3.63, 3.8) is 0 Å². The first kappa shape index (κ1) is 28.3. The van der Waals surface area contributed by atoms with Crippen molar-refractivity contribution in [1.29, 1.82) is 0 Å². The molecule has 0 spiro atoms. The zero-order valence-corrected chi connectivity index (χ0v) is 23.8. The molecule has 0 aliphatic carbocycles. The van der Waals surface area contributed by atoms with E-state index in [-0.39, 0.29) is 17.4 Å². The highest BCUT2D eigenvalue weighted by atomic mass is 16.5. The Kier molecular flexibility index (Phi) is 8.61. The number of Topliss-reactive ketones (excluding diaryl/α,β-unsaturated/α-hetero) is 1. The number of aromatic nitrogens is 2. The number of aliphatic hydroxyl groups is 1. The van der Waals surface area contributed by atoms with Gasteiger partial charge in [-0.2, -0.15) is 0 Å². The van der Waals surface area contributed by atoms with Gasteiger partial charge in [0.05, 0.1) is 31.2 Å². The van der Waals surface area contributed by atoms with Crippen LogP contribution in [0.15, 0.2) is 60.7 Å². The summed E-state index contributed by atoms with van der Waals surface area (Å²) in [6.07, 6.45) is 8.54. The van der Waals surface area contributed by atoms with Crippen molar-refractivity contribution >= 4 is 17.4 Å². The molecule has 41 heavy (non-hydrogen) atoms. The number of benzene rings is 2. The van der Waals surface area contributed by atoms with Gasteiger partial charge in [-0.3, -0.25) is 9.59 Å². The third-order valence-corrected chi connectivity index (χ3v) is 7.42. The number of ether oxygens (including phenoxy) is 3. The second kappa shape index (κ2) is 12.5. The van der Waals surface area contributed by atoms with Gasteiger partial charge in [-0.1, -0.05) is 19.4 Å². The molecule has 1 N–H and O–H groups in total. The van der Waals surface area contributed by atoms with E-state index in [4.69, 9.17) is 14.2 Å². The van der Waals surface area contributed by atoms with Crippen LogP contribution in [0, 0.1) is 0 Å². The Morgan fingerprint density at radius 3 is 2.68 bits per heavy atom. The Bertz CT molecular complexity index is 1430. The Labute approximate surface area is 240 Å². The van der Waals surface area contributed by atoms with Crippen molar-refractivity contribution in [2.24, 2.45) is 0 Å². The van der Waals surface area contributed by atoms with Gasteiger partial charge in [-0.15, -0.1) is 0 Å². The quantitative estimate of drug-likeness (QED) is 0.139. The Morgan fingerprint density at radius 2 is 1.93 bits per heavy atom. The minimum atomic E-state index is -0.787. The molecule has 0 bridgehead atoms. The van der Waals surface area contributed by atoms with E-state index < -0.39 is 17.7 Å². The molecule has 1 saturated heterocycles. The van der Waals surface area contributed by atoms with Gasteiger partial charge in [0, 0.05) is 37.5 Å². The van der Waals surface area contributed by atoms with Gasteiger partial charge in [0.25, 0.3) is 11.7 Å². The summed E-state index contributed by atoms with van der Waals surface area (Å²) in [4.78, 5) is 32.6. The number of likely N-dealkylation sites (tertiary alicyclic amines) is 1. The Morgan fingerprint density at radius 1 is 1.07 bits per heavy atom. The normalized spacial score (nSPS) is 19.3. The number of fused-ring (bicyclic) bond motifs is 1. The van der Waals surface area contributed by atoms with Crippen molar-refractivity contribution in [2.45, 2.75) is 65.1 Å². The van der Waals surface area contributed by atoms with Crippen LogP contribution in [0.3, 0.4) is 0 Å². The minimum absolute atomic E-state index is 0.0403. The van der Waals surface area contributed by atoms with Crippen molar-refractivity contribution < 1.29 is 28.9 Å². The molecule has 3 heterocycles. The number of amides is 1. The number of unbranched alkanes of at least 4 members (excludes halogenated alkanes) is 1. The maximum atomic E-state index is 13.5. The molecule has 1 aromatic heterocycles. The zero-order chi connectivity index (χ0) is 28.9. The fraction of sp³-hybridized carbons (Fsp3) is 0.406. The second-order valence-corrected chi connectivity index (χ2v) is 10.4. The average Bonchev–Trinajstić information content (AvgIpc) is 3.68. The third kappa shape index (κ3) is 5.94. The standard InChI is InChI=1S/C32H37N3O6/c1-4-6-16-40-26-11-8-22(19-27(26)39-5-2)29-28(30(36)23-9-10-25-24(18-23)17-21(3)41-25)31(37)32(38)35(29)14-7-13-34-15-12-33-20-34/h8-12,15,18-21,29,36H,4-7,13-14,16-17H2,1-3H3/b30-28-. The van der Waals surface area contributed by atoms with Crippen molar-refractivity contribution in [1.82, 2.24) is 14.5 Å². The maximum absolute atomic E-state index is 13.5. The summed E-state index contributed by atoms with van der Waals surface area (Å²) in [5.74, 6) is 0.366. The fourth-order valence-electron chi connectivity index (χ4n) is 5.43. The van der Waals surface area contributed by atoms with Crippen LogP contribution in [0.5, 0.6) is 17.2 Å². The number of nitrogens with zero attached hydrogens (tertiary/aromatic N) is 3. The topological polar surface area (TPSA) is 103 Å². The summed E-state index contributed by atoms with van der Waals surface area (Å²) >= 11 is 0. The summed E-state index contributed by atoms with van der Waals surface area (Å²) in [6, 6.07) is 10.1. The number of aliphatic hydroxyl groups excluding tert-OH is 1. The molecular weight excluding hydrogens is 522 g/mol. The highest BCUT2D eigenvalue weighted by Crippen LogP contribution is 2.43. The molecule has 2 aliphatic heterocycles. The van der Waals surface area contributed by atoms with E-state index in [1.165, 1.54) is 0 Å². The molecule has 9 nitrogen and oxygen atoms in total. The van der Waals surface area contributed by atoms with Crippen LogP contribution in [0.25, 0.3) is 5.76 Å². The van der Waals surface area contributed by atoms with Crippen LogP contribution in [0.2, 0.25) is 0 Å². The van der Waals surface area contributed by atoms with Crippen molar-refractivity contribution in [2.75, 3.05) is 19.8 Å². The predicted octanol–water partition coefficient (Wildman–Crippen LogP) is 5.30. The summed E-state index contributed by atoms with van der Waals surface area (Å²) < 4.78 is 19.6. The van der Waals surface area contributed by atoms with E-state index in [1.54, 1.807) is 29.6 Å². The van der Waals surface area contributed by atoms with Gasteiger partial charge in [-0.05, 0) is 68.1 Å². The van der Waals surface area contributed by atoms with Crippen molar-refractivity contribution in [3.05, 3.63) is 77.4 Å². The number of carbonyl (C=O) groups is 2. The zero-order valence-electron chi connectivity index (χ0n) is 23.8. The van der Waals surface area contributed by atoms with Crippen LogP contribution < -0.4 is 14.2 Å². The molecule has 5 rings (SSSR count). The summed E-state index contributed by atoms with van der Waals surface area (Å²) in [5, 5.41) is 11.6. The van der Waals surface area contributed by atoms with E-state index in [2.05, 4.69) is 11.9 Å². The molecule has 2 aromatic carbocycles. The Balaban J connectivity index is 1.54. The number of rotatable bonds is 12. The summed E-state index contributed by atoms with van der Waals surface area (Å²) in [6.45, 7) is 7.91. The largest absolute Gasteiger partial charge is 0.507 e. The average molecular weight is 560 g/mol. The van der Waals surface area contributed by atoms with E-state index >= 15 is 0 Å². The lowest BCUT2D eigenvalue weighted by molar-refractivity contribution is -0.139. The minimum Gasteiger partial charge on any atom is -0.507 e. The smallest absolute Gasteiger partial charge is 0.295 e. The maximum Gasteiger partial charge on any atom is 0.295 e. The summed E-state index contributed by atoms with van der Waals surface area (Å²) in [7, 11) is 0. The molecule has 1 amide bonds. The molecule has 2 aliphatic rings. The molecule has 0 radical (unpaired) electrons. The number of ketones is 1. The van der Waals surface area contributed by atoms with Gasteiger partial charge in [0.1, 0.15) is 17.6 Å². The molecule has 216 valence electrons. The SMILES string of the molecule is CCCCOc1ccc(C2/C(=C(/O)c3ccc4c(c3)CC(C)O4)C(=O)C(=O)N2CCCn2ccnc2)cc1OCC. The van der Waals surface area contributed by atoms with E-state index in [9.17, 15) is 14.7 Å². The summed E-state index contributed by atoms with van der Waals surface area (Å²) in [5.41, 5.74) is 2.16. The van der Waals surface area contributed by atoms with Crippen LogP contribution in [0.1, 0.15) is 62.8 Å². The first-order valence-corrected chi connectivity index (χ1v) is 14.3. The third-order valence-electron chi connectivity index (χ3n) is 7.42. The first-order valence-electron chi connectivity index (χ1n) is 14.3. The number of hydrogen-bond acceptors (Lipinski definition) is 7. The number of hydrogen-bond donors (Lipinski definition) is 1. The van der Waals surface area contributed by atoms with Gasteiger partial charge >= 0.3 is 0 Å². The number of carbonyl (C=O) groups excluding carboxylic acids is 2. The lowest BCUT2D eigenvalue weighted by Gasteiger charge is -2.26. The number of aryl methyl sites for hydroxylation is 1. The fourth-order valence-corrected chi connectivity index (χ4v) is 5.43. The molecule has 3 aromatic rings. The van der Waals surface area contributed by atoms with Crippen LogP contribution in [-0.2, 0) is 22.6 Å².